The molecule has 0 saturated carbocycles. The summed E-state index contributed by atoms with van der Waals surface area (Å²) in [5.41, 5.74) is 0.938. The van der Waals surface area contributed by atoms with Gasteiger partial charge >= 0.3 is 6.61 Å². The molecule has 0 saturated heterocycles. The van der Waals surface area contributed by atoms with Crippen LogP contribution in [0.3, 0.4) is 0 Å². The number of carbonyl (C=O) groups excluding carboxylic acids is 1. The Morgan fingerprint density at radius 2 is 1.90 bits per heavy atom. The zero-order chi connectivity index (χ0) is 21.5. The molecule has 0 spiro atoms. The number of para-hydroxylation sites is 2. The molecule has 1 atom stereocenters. The lowest BCUT2D eigenvalue weighted by Gasteiger charge is -2.13. The van der Waals surface area contributed by atoms with E-state index in [1.165, 1.54) is 30.3 Å². The molecule has 2 N–H and O–H groups in total. The number of hydrogen-bond acceptors (Lipinski definition) is 5. The number of anilines is 1. The van der Waals surface area contributed by atoms with E-state index in [0.717, 1.165) is 17.3 Å². The van der Waals surface area contributed by atoms with Gasteiger partial charge in [-0.15, -0.1) is 5.10 Å². The van der Waals surface area contributed by atoms with Crippen molar-refractivity contribution in [3.05, 3.63) is 65.7 Å². The molecule has 3 rings (SSSR count). The number of alkyl halides is 2. The van der Waals surface area contributed by atoms with Crippen LogP contribution in [0.5, 0.6) is 5.75 Å². The monoisotopic (exact) mass is 434 g/mol. The molecule has 0 bridgehead atoms. The fourth-order valence-electron chi connectivity index (χ4n) is 2.35. The number of halogens is 3. The van der Waals surface area contributed by atoms with Crippen molar-refractivity contribution < 1.29 is 22.7 Å². The van der Waals surface area contributed by atoms with Gasteiger partial charge in [-0.05, 0) is 42.8 Å². The van der Waals surface area contributed by atoms with Crippen molar-refractivity contribution in [3.63, 3.8) is 0 Å². The van der Waals surface area contributed by atoms with Crippen molar-refractivity contribution in [1.29, 1.82) is 0 Å². The van der Waals surface area contributed by atoms with E-state index < -0.39 is 17.8 Å². The Morgan fingerprint density at radius 3 is 2.63 bits per heavy atom. The molecule has 0 aliphatic carbocycles. The first-order valence-electron chi connectivity index (χ1n) is 8.78. The molecule has 10 heteroatoms. The maximum absolute atomic E-state index is 12.9. The molecule has 0 aliphatic rings. The average molecular weight is 434 g/mol. The van der Waals surface area contributed by atoms with Crippen molar-refractivity contribution in [2.24, 2.45) is 0 Å². The predicted molar refractivity (Wildman–Crippen MR) is 109 cm³/mol. The van der Waals surface area contributed by atoms with Gasteiger partial charge in [0.15, 0.2) is 0 Å². The minimum atomic E-state index is -3.00. The van der Waals surface area contributed by atoms with Gasteiger partial charge in [0.05, 0.1) is 10.9 Å². The number of carbonyl (C=O) groups is 1. The number of nitrogens with one attached hydrogen (secondary N) is 2. The quantitative estimate of drug-likeness (QED) is 0.496. The second kappa shape index (κ2) is 9.97. The van der Waals surface area contributed by atoms with Gasteiger partial charge in [0.1, 0.15) is 17.4 Å². The number of aromatic nitrogens is 3. The highest BCUT2D eigenvalue weighted by Gasteiger charge is 2.19. The molecule has 0 fully saturated rings. The molecule has 0 radical (unpaired) electrons. The van der Waals surface area contributed by atoms with Crippen LogP contribution in [-0.4, -0.2) is 32.9 Å². The summed E-state index contributed by atoms with van der Waals surface area (Å²) in [7, 11) is 0. The summed E-state index contributed by atoms with van der Waals surface area (Å²) >= 11 is 1.10. The number of rotatable bonds is 8. The van der Waals surface area contributed by atoms with E-state index in [1.807, 2.05) is 0 Å². The van der Waals surface area contributed by atoms with Crippen LogP contribution in [0.25, 0.3) is 12.2 Å². The van der Waals surface area contributed by atoms with Gasteiger partial charge in [-0.3, -0.25) is 9.89 Å². The zero-order valence-corrected chi connectivity index (χ0v) is 16.5. The number of amides is 1. The number of benzene rings is 2. The molecule has 156 valence electrons. The highest BCUT2D eigenvalue weighted by Crippen LogP contribution is 2.27. The van der Waals surface area contributed by atoms with Crippen LogP contribution in [0.15, 0.2) is 53.7 Å². The maximum atomic E-state index is 12.9. The van der Waals surface area contributed by atoms with Gasteiger partial charge in [-0.25, -0.2) is 9.37 Å². The SMILES string of the molecule is CC(Sc1n[nH]c(/C=C/c2ccc(F)cc2)n1)C(=O)Nc1ccccc1OC(F)F. The molecule has 1 unspecified atom stereocenters. The molecule has 1 amide bonds. The third kappa shape index (κ3) is 6.11. The van der Waals surface area contributed by atoms with E-state index in [-0.39, 0.29) is 17.3 Å². The molecule has 6 nitrogen and oxygen atoms in total. The Labute approximate surface area is 174 Å². The van der Waals surface area contributed by atoms with Crippen molar-refractivity contribution in [2.75, 3.05) is 5.32 Å². The van der Waals surface area contributed by atoms with E-state index in [2.05, 4.69) is 25.2 Å². The smallest absolute Gasteiger partial charge is 0.387 e. The first-order chi connectivity index (χ1) is 14.4. The summed E-state index contributed by atoms with van der Waals surface area (Å²) in [6.45, 7) is -1.36. The third-order valence-electron chi connectivity index (χ3n) is 3.80. The number of H-pyrrole nitrogens is 1. The van der Waals surface area contributed by atoms with Crippen molar-refractivity contribution in [2.45, 2.75) is 23.9 Å². The summed E-state index contributed by atoms with van der Waals surface area (Å²) in [5, 5.41) is 9.08. The van der Waals surface area contributed by atoms with E-state index in [9.17, 15) is 18.0 Å². The summed E-state index contributed by atoms with van der Waals surface area (Å²) in [5.74, 6) is -0.394. The largest absolute Gasteiger partial charge is 0.433 e. The second-order valence-corrected chi connectivity index (χ2v) is 7.32. The second-order valence-electron chi connectivity index (χ2n) is 6.01. The number of nitrogens with zero attached hydrogens (tertiary/aromatic N) is 2. The lowest BCUT2D eigenvalue weighted by molar-refractivity contribution is -0.115. The van der Waals surface area contributed by atoms with E-state index in [0.29, 0.717) is 11.0 Å². The molecule has 2 aromatic carbocycles. The van der Waals surface area contributed by atoms with E-state index in [1.54, 1.807) is 37.3 Å². The Bertz CT molecular complexity index is 1020. The molecule has 1 heterocycles. The maximum Gasteiger partial charge on any atom is 0.387 e. The number of thioether (sulfide) groups is 1. The van der Waals surface area contributed by atoms with Gasteiger partial charge in [0.25, 0.3) is 0 Å². The summed E-state index contributed by atoms with van der Waals surface area (Å²) < 4.78 is 42.3. The highest BCUT2D eigenvalue weighted by atomic mass is 32.2. The first-order valence-corrected chi connectivity index (χ1v) is 9.66. The first kappa shape index (κ1) is 21.4. The van der Waals surface area contributed by atoms with E-state index >= 15 is 0 Å². The summed E-state index contributed by atoms with van der Waals surface area (Å²) in [6, 6.07) is 11.9. The van der Waals surface area contributed by atoms with E-state index in [4.69, 9.17) is 0 Å². The van der Waals surface area contributed by atoms with Crippen molar-refractivity contribution >= 4 is 35.5 Å². The van der Waals surface area contributed by atoms with Crippen molar-refractivity contribution in [3.8, 4) is 5.75 Å². The number of aromatic amines is 1. The molecular formula is C20H17F3N4O2S. The predicted octanol–water partition coefficient (Wildman–Crippen LogP) is 4.83. The molecule has 3 aromatic rings. The molecule has 30 heavy (non-hydrogen) atoms. The summed E-state index contributed by atoms with van der Waals surface area (Å²) in [6.07, 6.45) is 3.41. The van der Waals surface area contributed by atoms with Crippen LogP contribution in [0.1, 0.15) is 18.3 Å². The Balaban J connectivity index is 1.59. The minimum Gasteiger partial charge on any atom is -0.433 e. The normalized spacial score (nSPS) is 12.3. The molecule has 0 aliphatic heterocycles. The van der Waals surface area contributed by atoms with Gasteiger partial charge < -0.3 is 10.1 Å². The third-order valence-corrected chi connectivity index (χ3v) is 4.76. The molecular weight excluding hydrogens is 417 g/mol. The lowest BCUT2D eigenvalue weighted by Crippen LogP contribution is -2.23. The lowest BCUT2D eigenvalue weighted by atomic mass is 10.2. The van der Waals surface area contributed by atoms with Crippen molar-refractivity contribution in [1.82, 2.24) is 15.2 Å². The standard InChI is InChI=1S/C20H17F3N4O2S/c1-12(18(28)24-15-4-2-3-5-16(15)29-19(22)23)30-20-25-17(26-27-20)11-8-13-6-9-14(21)10-7-13/h2-12,19H,1H3,(H,24,28)(H,25,26,27)/b11-8+. The Hall–Kier alpha value is -3.27. The minimum absolute atomic E-state index is 0.121. The van der Waals surface area contributed by atoms with Crippen LogP contribution >= 0.6 is 11.8 Å². The average Bonchev–Trinajstić information content (AvgIpc) is 3.16. The zero-order valence-electron chi connectivity index (χ0n) is 15.7. The highest BCUT2D eigenvalue weighted by molar-refractivity contribution is 8.00. The Morgan fingerprint density at radius 1 is 1.17 bits per heavy atom. The van der Waals surface area contributed by atoms with Crippen LogP contribution in [0, 0.1) is 5.82 Å². The van der Waals surface area contributed by atoms with Crippen LogP contribution < -0.4 is 10.1 Å². The van der Waals surface area contributed by atoms with Crippen LogP contribution in [-0.2, 0) is 4.79 Å². The fourth-order valence-corrected chi connectivity index (χ4v) is 3.08. The fraction of sp³-hybridized carbons (Fsp3) is 0.150. The van der Waals surface area contributed by atoms with Gasteiger partial charge in [-0.1, -0.05) is 42.1 Å². The van der Waals surface area contributed by atoms with Gasteiger partial charge in [0, 0.05) is 0 Å². The van der Waals surface area contributed by atoms with Gasteiger partial charge in [0.2, 0.25) is 11.1 Å². The molecule has 1 aromatic heterocycles. The van der Waals surface area contributed by atoms with Gasteiger partial charge in [-0.2, -0.15) is 8.78 Å². The Kier molecular flexibility index (Phi) is 7.12. The topological polar surface area (TPSA) is 79.9 Å². The number of hydrogen-bond donors (Lipinski definition) is 2. The van der Waals surface area contributed by atoms with Crippen LogP contribution in [0.4, 0.5) is 18.9 Å². The summed E-state index contributed by atoms with van der Waals surface area (Å²) in [4.78, 5) is 16.7. The number of ether oxygens (including phenoxy) is 1. The van der Waals surface area contributed by atoms with Crippen LogP contribution in [0.2, 0.25) is 0 Å².